The average Bonchev–Trinajstić information content (AvgIpc) is 2.83. The Hall–Kier alpha value is -3.88. The second-order valence-electron chi connectivity index (χ2n) is 6.80. The molecule has 8 nitrogen and oxygen atoms in total. The molecule has 2 amide bonds. The van der Waals surface area contributed by atoms with Crippen molar-refractivity contribution < 1.29 is 23.9 Å². The summed E-state index contributed by atoms with van der Waals surface area (Å²) in [5.41, 5.74) is 3.34. The number of hydrogen-bond donors (Lipinski definition) is 2. The largest absolute Gasteiger partial charge is 0.495 e. The molecule has 0 aliphatic carbocycles. The molecule has 3 aromatic rings. The SMILES string of the molecule is COc1ccc(Cl)cc1NC(=O)C(=O)N/N=C(\C)c1ccccc1OC(=O)c1ccccc1Cl. The Morgan fingerprint density at radius 1 is 0.853 bits per heavy atom. The summed E-state index contributed by atoms with van der Waals surface area (Å²) in [6.45, 7) is 1.58. The van der Waals surface area contributed by atoms with Crippen molar-refractivity contribution in [1.29, 1.82) is 0 Å². The summed E-state index contributed by atoms with van der Waals surface area (Å²) in [5, 5.41) is 6.98. The number of methoxy groups -OCH3 is 1. The van der Waals surface area contributed by atoms with Gasteiger partial charge in [-0.2, -0.15) is 5.10 Å². The Labute approximate surface area is 205 Å². The first-order valence-electron chi connectivity index (χ1n) is 9.85. The van der Waals surface area contributed by atoms with Gasteiger partial charge in [-0.3, -0.25) is 9.59 Å². The number of nitrogens with one attached hydrogen (secondary N) is 2. The molecule has 0 unspecified atom stereocenters. The van der Waals surface area contributed by atoms with Gasteiger partial charge in [0.25, 0.3) is 0 Å². The standard InChI is InChI=1S/C24H19Cl2N3O5/c1-14(28-29-23(31)22(30)27-19-13-15(25)11-12-21(19)33-2)16-7-4-6-10-20(16)34-24(32)17-8-3-5-9-18(17)26/h3-13H,1-2H3,(H,27,30)(H,29,31)/b28-14+. The molecule has 34 heavy (non-hydrogen) atoms. The molecule has 174 valence electrons. The van der Waals surface area contributed by atoms with Crippen LogP contribution >= 0.6 is 23.2 Å². The Kier molecular flexibility index (Phi) is 8.24. The van der Waals surface area contributed by atoms with Gasteiger partial charge in [0.1, 0.15) is 11.5 Å². The van der Waals surface area contributed by atoms with Crippen LogP contribution in [0.3, 0.4) is 0 Å². The van der Waals surface area contributed by atoms with E-state index < -0.39 is 17.8 Å². The summed E-state index contributed by atoms with van der Waals surface area (Å²) in [6.07, 6.45) is 0. The number of carbonyl (C=O) groups is 3. The average molecular weight is 500 g/mol. The highest BCUT2D eigenvalue weighted by Gasteiger charge is 2.18. The lowest BCUT2D eigenvalue weighted by Crippen LogP contribution is -2.33. The van der Waals surface area contributed by atoms with Crippen LogP contribution in [0.25, 0.3) is 0 Å². The minimum Gasteiger partial charge on any atom is -0.495 e. The van der Waals surface area contributed by atoms with Crippen LogP contribution < -0.4 is 20.2 Å². The smallest absolute Gasteiger partial charge is 0.345 e. The molecule has 0 aliphatic heterocycles. The molecule has 0 saturated carbocycles. The van der Waals surface area contributed by atoms with Gasteiger partial charge in [-0.05, 0) is 49.4 Å². The summed E-state index contributed by atoms with van der Waals surface area (Å²) in [5.74, 6) is -2.11. The van der Waals surface area contributed by atoms with E-state index in [1.807, 2.05) is 0 Å². The third-order valence-electron chi connectivity index (χ3n) is 4.51. The van der Waals surface area contributed by atoms with Gasteiger partial charge in [-0.1, -0.05) is 47.5 Å². The fourth-order valence-electron chi connectivity index (χ4n) is 2.84. The molecule has 0 spiro atoms. The first-order chi connectivity index (χ1) is 16.3. The topological polar surface area (TPSA) is 106 Å². The Morgan fingerprint density at radius 2 is 1.53 bits per heavy atom. The van der Waals surface area contributed by atoms with Crippen LogP contribution in [-0.2, 0) is 9.59 Å². The number of ether oxygens (including phenoxy) is 2. The highest BCUT2D eigenvalue weighted by molar-refractivity contribution is 6.40. The molecule has 3 rings (SSSR count). The number of anilines is 1. The minimum absolute atomic E-state index is 0.204. The lowest BCUT2D eigenvalue weighted by molar-refractivity contribution is -0.136. The minimum atomic E-state index is -1.02. The molecule has 0 radical (unpaired) electrons. The van der Waals surface area contributed by atoms with Crippen LogP contribution in [0, 0.1) is 0 Å². The molecule has 0 aromatic heterocycles. The highest BCUT2D eigenvalue weighted by atomic mass is 35.5. The van der Waals surface area contributed by atoms with Crippen LogP contribution in [0.4, 0.5) is 5.69 Å². The normalized spacial score (nSPS) is 10.9. The number of halogens is 2. The van der Waals surface area contributed by atoms with Crippen LogP contribution in [0.2, 0.25) is 10.0 Å². The summed E-state index contributed by atoms with van der Waals surface area (Å²) in [6, 6.07) is 17.7. The van der Waals surface area contributed by atoms with Crippen LogP contribution in [-0.4, -0.2) is 30.6 Å². The van der Waals surface area contributed by atoms with Crippen molar-refractivity contribution in [2.75, 3.05) is 12.4 Å². The van der Waals surface area contributed by atoms with Crippen molar-refractivity contribution in [2.24, 2.45) is 5.10 Å². The zero-order valence-corrected chi connectivity index (χ0v) is 19.6. The Bertz CT molecular complexity index is 1280. The van der Waals surface area contributed by atoms with E-state index in [1.165, 1.54) is 13.2 Å². The number of hydrogen-bond acceptors (Lipinski definition) is 6. The van der Waals surface area contributed by atoms with Crippen LogP contribution in [0.15, 0.2) is 71.8 Å². The quantitative estimate of drug-likeness (QED) is 0.168. The van der Waals surface area contributed by atoms with Gasteiger partial charge in [0.2, 0.25) is 0 Å². The molecule has 0 heterocycles. The molecule has 3 aromatic carbocycles. The summed E-state index contributed by atoms with van der Waals surface area (Å²) < 4.78 is 10.6. The lowest BCUT2D eigenvalue weighted by Gasteiger charge is -2.11. The van der Waals surface area contributed by atoms with Crippen molar-refractivity contribution >= 4 is 52.4 Å². The van der Waals surface area contributed by atoms with E-state index in [4.69, 9.17) is 32.7 Å². The first-order valence-corrected chi connectivity index (χ1v) is 10.6. The highest BCUT2D eigenvalue weighted by Crippen LogP contribution is 2.27. The van der Waals surface area contributed by atoms with E-state index in [-0.39, 0.29) is 22.0 Å². The molecule has 10 heteroatoms. The zero-order valence-electron chi connectivity index (χ0n) is 18.1. The predicted molar refractivity (Wildman–Crippen MR) is 130 cm³/mol. The van der Waals surface area contributed by atoms with Crippen molar-refractivity contribution in [1.82, 2.24) is 5.43 Å². The first kappa shape index (κ1) is 24.8. The van der Waals surface area contributed by atoms with Gasteiger partial charge >= 0.3 is 17.8 Å². The maximum atomic E-state index is 12.5. The van der Waals surface area contributed by atoms with Crippen molar-refractivity contribution in [3.63, 3.8) is 0 Å². The lowest BCUT2D eigenvalue weighted by atomic mass is 10.1. The molecule has 2 N–H and O–H groups in total. The Balaban J connectivity index is 1.71. The second kappa shape index (κ2) is 11.3. The van der Waals surface area contributed by atoms with E-state index in [9.17, 15) is 14.4 Å². The van der Waals surface area contributed by atoms with E-state index in [2.05, 4.69) is 15.8 Å². The maximum absolute atomic E-state index is 12.5. The molecular weight excluding hydrogens is 481 g/mol. The van der Waals surface area contributed by atoms with E-state index in [0.717, 1.165) is 0 Å². The van der Waals surface area contributed by atoms with Gasteiger partial charge in [-0.25, -0.2) is 10.2 Å². The van der Waals surface area contributed by atoms with Crippen molar-refractivity contribution in [3.05, 3.63) is 87.9 Å². The van der Waals surface area contributed by atoms with Gasteiger partial charge < -0.3 is 14.8 Å². The number of esters is 1. The summed E-state index contributed by atoms with van der Waals surface area (Å²) in [4.78, 5) is 37.0. The van der Waals surface area contributed by atoms with Gasteiger partial charge in [0.15, 0.2) is 0 Å². The van der Waals surface area contributed by atoms with Crippen LogP contribution in [0.5, 0.6) is 11.5 Å². The summed E-state index contributed by atoms with van der Waals surface area (Å²) >= 11 is 12.0. The maximum Gasteiger partial charge on any atom is 0.345 e. The molecule has 0 atom stereocenters. The molecule has 0 fully saturated rings. The zero-order chi connectivity index (χ0) is 24.7. The molecule has 0 aliphatic rings. The number of para-hydroxylation sites is 1. The van der Waals surface area contributed by atoms with Gasteiger partial charge in [-0.15, -0.1) is 0 Å². The van der Waals surface area contributed by atoms with E-state index in [1.54, 1.807) is 67.6 Å². The third-order valence-corrected chi connectivity index (χ3v) is 5.08. The van der Waals surface area contributed by atoms with Gasteiger partial charge in [0.05, 0.1) is 29.1 Å². The molecule has 0 saturated heterocycles. The third kappa shape index (κ3) is 6.12. The van der Waals surface area contributed by atoms with Crippen LogP contribution in [0.1, 0.15) is 22.8 Å². The predicted octanol–water partition coefficient (Wildman–Crippen LogP) is 4.70. The molecular formula is C24H19Cl2N3O5. The van der Waals surface area contributed by atoms with E-state index >= 15 is 0 Å². The van der Waals surface area contributed by atoms with Crippen molar-refractivity contribution in [2.45, 2.75) is 6.92 Å². The monoisotopic (exact) mass is 499 g/mol. The number of benzene rings is 3. The molecule has 0 bridgehead atoms. The number of nitrogens with zero attached hydrogens (tertiary/aromatic N) is 1. The number of rotatable bonds is 6. The fourth-order valence-corrected chi connectivity index (χ4v) is 3.22. The summed E-state index contributed by atoms with van der Waals surface area (Å²) in [7, 11) is 1.42. The number of carbonyl (C=O) groups excluding carboxylic acids is 3. The fraction of sp³-hybridized carbons (Fsp3) is 0.0833. The van der Waals surface area contributed by atoms with Gasteiger partial charge in [0, 0.05) is 10.6 Å². The second-order valence-corrected chi connectivity index (χ2v) is 7.65. The van der Waals surface area contributed by atoms with E-state index in [0.29, 0.717) is 22.0 Å². The number of amides is 2. The Morgan fingerprint density at radius 3 is 2.24 bits per heavy atom. The number of hydrazone groups is 1. The van der Waals surface area contributed by atoms with Crippen molar-refractivity contribution in [3.8, 4) is 11.5 Å².